The van der Waals surface area contributed by atoms with Crippen LogP contribution in [0.5, 0.6) is 11.5 Å². The van der Waals surface area contributed by atoms with Crippen molar-refractivity contribution in [2.75, 3.05) is 7.11 Å². The zero-order valence-electron chi connectivity index (χ0n) is 11.3. The molecule has 0 aliphatic heterocycles. The van der Waals surface area contributed by atoms with Crippen LogP contribution in [0.1, 0.15) is 24.4 Å². The molecule has 1 aromatic carbocycles. The molecule has 0 bridgehead atoms. The fourth-order valence-electron chi connectivity index (χ4n) is 1.68. The van der Waals surface area contributed by atoms with Crippen molar-refractivity contribution in [1.29, 1.82) is 0 Å². The normalized spacial score (nSPS) is 12.2. The number of nitrogens with zero attached hydrogens (tertiary/aromatic N) is 3. The van der Waals surface area contributed by atoms with Crippen LogP contribution in [0.4, 0.5) is 0 Å². The average Bonchev–Trinajstić information content (AvgIpc) is 2.81. The predicted molar refractivity (Wildman–Crippen MR) is 70.9 cm³/mol. The third kappa shape index (κ3) is 3.03. The highest BCUT2D eigenvalue weighted by molar-refractivity contribution is 5.43. The number of hydrogen-bond donors (Lipinski definition) is 1. The van der Waals surface area contributed by atoms with Crippen LogP contribution in [-0.4, -0.2) is 21.9 Å². The molecule has 1 aromatic heterocycles. The van der Waals surface area contributed by atoms with E-state index in [9.17, 15) is 0 Å². The van der Waals surface area contributed by atoms with Gasteiger partial charge in [-0.3, -0.25) is 4.68 Å². The Morgan fingerprint density at radius 1 is 1.37 bits per heavy atom. The molecule has 2 N–H and O–H groups in total. The Morgan fingerprint density at radius 3 is 2.74 bits per heavy atom. The topological polar surface area (TPSA) is 75.2 Å². The van der Waals surface area contributed by atoms with Crippen molar-refractivity contribution in [3.05, 3.63) is 35.9 Å². The van der Waals surface area contributed by atoms with Crippen molar-refractivity contribution in [2.45, 2.75) is 19.6 Å². The lowest BCUT2D eigenvalue weighted by atomic mass is 10.1. The lowest BCUT2D eigenvalue weighted by Gasteiger charge is -2.13. The van der Waals surface area contributed by atoms with E-state index in [0.29, 0.717) is 18.1 Å². The molecule has 0 saturated carbocycles. The summed E-state index contributed by atoms with van der Waals surface area (Å²) >= 11 is 0. The van der Waals surface area contributed by atoms with Gasteiger partial charge in [0.1, 0.15) is 12.9 Å². The van der Waals surface area contributed by atoms with E-state index in [1.807, 2.05) is 32.2 Å². The van der Waals surface area contributed by atoms with E-state index >= 15 is 0 Å². The summed E-state index contributed by atoms with van der Waals surface area (Å²) in [5.41, 5.74) is 6.84. The molecular formula is C13H18N4O2. The summed E-state index contributed by atoms with van der Waals surface area (Å²) < 4.78 is 12.7. The van der Waals surface area contributed by atoms with Crippen LogP contribution in [0.15, 0.2) is 24.5 Å². The number of nitrogens with two attached hydrogens (primary N) is 1. The molecule has 0 aliphatic rings. The van der Waals surface area contributed by atoms with Crippen molar-refractivity contribution in [2.24, 2.45) is 12.8 Å². The molecule has 0 radical (unpaired) electrons. The Morgan fingerprint density at radius 2 is 2.16 bits per heavy atom. The third-order valence-corrected chi connectivity index (χ3v) is 2.88. The molecule has 0 unspecified atom stereocenters. The predicted octanol–water partition coefficient (Wildman–Crippen LogP) is 1.42. The summed E-state index contributed by atoms with van der Waals surface area (Å²) in [6.07, 6.45) is 1.50. The summed E-state index contributed by atoms with van der Waals surface area (Å²) in [4.78, 5) is 4.10. The second kappa shape index (κ2) is 5.71. The molecule has 0 saturated heterocycles. The molecule has 102 valence electrons. The number of aromatic nitrogens is 3. The molecule has 1 heterocycles. The van der Waals surface area contributed by atoms with Crippen LogP contribution in [0.25, 0.3) is 0 Å². The minimum atomic E-state index is -0.0401. The molecule has 0 aliphatic carbocycles. The van der Waals surface area contributed by atoms with Crippen LogP contribution in [0.2, 0.25) is 0 Å². The SMILES string of the molecule is COc1cc([C@H](C)N)ccc1OCc1ncnn1C. The quantitative estimate of drug-likeness (QED) is 0.882. The first-order valence-corrected chi connectivity index (χ1v) is 6.01. The fourth-order valence-corrected chi connectivity index (χ4v) is 1.68. The van der Waals surface area contributed by atoms with Gasteiger partial charge < -0.3 is 15.2 Å². The summed E-state index contributed by atoms with van der Waals surface area (Å²) in [5, 5.41) is 3.99. The molecule has 0 spiro atoms. The van der Waals surface area contributed by atoms with Gasteiger partial charge >= 0.3 is 0 Å². The Bertz CT molecular complexity index is 551. The minimum absolute atomic E-state index is 0.0401. The number of methoxy groups -OCH3 is 1. The van der Waals surface area contributed by atoms with Crippen molar-refractivity contribution in [3.63, 3.8) is 0 Å². The van der Waals surface area contributed by atoms with Gasteiger partial charge in [0.25, 0.3) is 0 Å². The van der Waals surface area contributed by atoms with Crippen LogP contribution in [-0.2, 0) is 13.7 Å². The van der Waals surface area contributed by atoms with E-state index in [-0.39, 0.29) is 6.04 Å². The van der Waals surface area contributed by atoms with E-state index in [1.165, 1.54) is 6.33 Å². The van der Waals surface area contributed by atoms with Gasteiger partial charge in [-0.05, 0) is 24.6 Å². The minimum Gasteiger partial charge on any atom is -0.493 e. The van der Waals surface area contributed by atoms with E-state index in [2.05, 4.69) is 10.1 Å². The molecule has 19 heavy (non-hydrogen) atoms. The monoisotopic (exact) mass is 262 g/mol. The fraction of sp³-hybridized carbons (Fsp3) is 0.385. The lowest BCUT2D eigenvalue weighted by molar-refractivity contribution is 0.271. The Balaban J connectivity index is 2.14. The first-order valence-electron chi connectivity index (χ1n) is 6.01. The maximum absolute atomic E-state index is 5.84. The molecular weight excluding hydrogens is 244 g/mol. The first-order chi connectivity index (χ1) is 9.11. The van der Waals surface area contributed by atoms with Crippen LogP contribution in [0, 0.1) is 0 Å². The molecule has 2 aromatic rings. The van der Waals surface area contributed by atoms with Gasteiger partial charge in [0, 0.05) is 13.1 Å². The van der Waals surface area contributed by atoms with Crippen LogP contribution >= 0.6 is 0 Å². The molecule has 2 rings (SSSR count). The number of rotatable bonds is 5. The molecule has 0 fully saturated rings. The molecule has 0 amide bonds. The summed E-state index contributed by atoms with van der Waals surface area (Å²) in [6, 6.07) is 5.63. The Labute approximate surface area is 112 Å². The number of benzene rings is 1. The van der Waals surface area contributed by atoms with E-state index < -0.39 is 0 Å². The Hall–Kier alpha value is -2.08. The van der Waals surface area contributed by atoms with Crippen molar-refractivity contribution < 1.29 is 9.47 Å². The van der Waals surface area contributed by atoms with Crippen molar-refractivity contribution in [3.8, 4) is 11.5 Å². The molecule has 1 atom stereocenters. The standard InChI is InChI=1S/C13H18N4O2/c1-9(14)10-4-5-11(12(6-10)18-3)19-7-13-15-8-16-17(13)2/h4-6,8-9H,7,14H2,1-3H3/t9-/m0/s1. The number of hydrogen-bond acceptors (Lipinski definition) is 5. The van der Waals surface area contributed by atoms with Gasteiger partial charge in [-0.1, -0.05) is 6.07 Å². The highest BCUT2D eigenvalue weighted by Gasteiger charge is 2.09. The smallest absolute Gasteiger partial charge is 0.164 e. The Kier molecular flexibility index (Phi) is 4.01. The molecule has 6 heteroatoms. The highest BCUT2D eigenvalue weighted by atomic mass is 16.5. The average molecular weight is 262 g/mol. The van der Waals surface area contributed by atoms with E-state index in [0.717, 1.165) is 11.4 Å². The van der Waals surface area contributed by atoms with Crippen LogP contribution in [0.3, 0.4) is 0 Å². The summed E-state index contributed by atoms with van der Waals surface area (Å²) in [6.45, 7) is 2.26. The van der Waals surface area contributed by atoms with Gasteiger partial charge in [0.05, 0.1) is 7.11 Å². The van der Waals surface area contributed by atoms with Gasteiger partial charge in [0.2, 0.25) is 0 Å². The highest BCUT2D eigenvalue weighted by Crippen LogP contribution is 2.30. The van der Waals surface area contributed by atoms with Crippen LogP contribution < -0.4 is 15.2 Å². The maximum atomic E-state index is 5.84. The zero-order chi connectivity index (χ0) is 13.8. The van der Waals surface area contributed by atoms with Crippen molar-refractivity contribution in [1.82, 2.24) is 14.8 Å². The van der Waals surface area contributed by atoms with E-state index in [4.69, 9.17) is 15.2 Å². The van der Waals surface area contributed by atoms with Crippen molar-refractivity contribution >= 4 is 0 Å². The zero-order valence-corrected chi connectivity index (χ0v) is 11.3. The number of ether oxygens (including phenoxy) is 2. The summed E-state index contributed by atoms with van der Waals surface area (Å²) in [7, 11) is 3.43. The second-order valence-corrected chi connectivity index (χ2v) is 4.29. The maximum Gasteiger partial charge on any atom is 0.164 e. The van der Waals surface area contributed by atoms with Gasteiger partial charge in [-0.2, -0.15) is 5.10 Å². The second-order valence-electron chi connectivity index (χ2n) is 4.29. The largest absolute Gasteiger partial charge is 0.493 e. The van der Waals surface area contributed by atoms with Gasteiger partial charge in [0.15, 0.2) is 17.3 Å². The molecule has 6 nitrogen and oxygen atoms in total. The van der Waals surface area contributed by atoms with Gasteiger partial charge in [-0.25, -0.2) is 4.98 Å². The summed E-state index contributed by atoms with van der Waals surface area (Å²) in [5.74, 6) is 2.07. The number of aryl methyl sites for hydroxylation is 1. The van der Waals surface area contributed by atoms with E-state index in [1.54, 1.807) is 11.8 Å². The van der Waals surface area contributed by atoms with Gasteiger partial charge in [-0.15, -0.1) is 0 Å². The first kappa shape index (κ1) is 13.4. The lowest BCUT2D eigenvalue weighted by Crippen LogP contribution is -2.07. The third-order valence-electron chi connectivity index (χ3n) is 2.88.